The van der Waals surface area contributed by atoms with Crippen molar-refractivity contribution in [3.8, 4) is 0 Å². The van der Waals surface area contributed by atoms with Gasteiger partial charge in [-0.05, 0) is 102 Å². The average Bonchev–Trinajstić information content (AvgIpc) is 3.31. The van der Waals surface area contributed by atoms with Crippen LogP contribution in [0.1, 0.15) is 98.5 Å². The number of esters is 1. The normalized spacial score (nSPS) is 14.6. The third-order valence-corrected chi connectivity index (χ3v) is 8.62. The number of benzene rings is 1. The minimum absolute atomic E-state index is 0.195. The lowest BCUT2D eigenvalue weighted by atomic mass is 9.82. The van der Waals surface area contributed by atoms with Crippen molar-refractivity contribution in [2.24, 2.45) is 11.8 Å². The molecule has 0 saturated carbocycles. The molecule has 1 aromatic carbocycles. The number of amides is 1. The van der Waals surface area contributed by atoms with Crippen molar-refractivity contribution in [2.75, 3.05) is 51.7 Å². The molecule has 236 valence electrons. The van der Waals surface area contributed by atoms with Crippen molar-refractivity contribution >= 4 is 28.9 Å². The lowest BCUT2D eigenvalue weighted by Crippen LogP contribution is -2.45. The van der Waals surface area contributed by atoms with E-state index in [1.165, 1.54) is 39.5 Å². The number of nitrogens with one attached hydrogen (secondary N) is 1. The van der Waals surface area contributed by atoms with Crippen LogP contribution in [0.3, 0.4) is 0 Å². The van der Waals surface area contributed by atoms with Gasteiger partial charge in [-0.3, -0.25) is 9.59 Å². The van der Waals surface area contributed by atoms with E-state index in [4.69, 9.17) is 9.72 Å². The number of likely N-dealkylation sites (tertiary alicyclic amines) is 1. The number of nitrogens with zero attached hydrogens (tertiary/aromatic N) is 4. The molecule has 0 radical (unpaired) electrons. The van der Waals surface area contributed by atoms with Crippen LogP contribution in [0.5, 0.6) is 0 Å². The van der Waals surface area contributed by atoms with Gasteiger partial charge in [-0.1, -0.05) is 40.2 Å². The molecule has 42 heavy (non-hydrogen) atoms. The molecule has 0 aliphatic carbocycles. The maximum absolute atomic E-state index is 14.1. The molecule has 0 spiro atoms. The zero-order valence-corrected chi connectivity index (χ0v) is 27.5. The smallest absolute Gasteiger partial charge is 0.305 e. The Morgan fingerprint density at radius 2 is 1.67 bits per heavy atom. The highest BCUT2D eigenvalue weighted by Crippen LogP contribution is 2.31. The molecule has 0 bridgehead atoms. The second-order valence-electron chi connectivity index (χ2n) is 13.4. The van der Waals surface area contributed by atoms with Crippen LogP contribution in [0.4, 0.5) is 5.95 Å². The van der Waals surface area contributed by atoms with Gasteiger partial charge in [-0.25, -0.2) is 4.98 Å². The van der Waals surface area contributed by atoms with Gasteiger partial charge < -0.3 is 24.4 Å². The van der Waals surface area contributed by atoms with Crippen LogP contribution in [-0.2, 0) is 26.3 Å². The molecular weight excluding hydrogens is 526 g/mol. The number of carbonyl (C=O) groups excluding carboxylic acids is 2. The van der Waals surface area contributed by atoms with Crippen molar-refractivity contribution in [3.63, 3.8) is 0 Å². The molecule has 1 fully saturated rings. The quantitative estimate of drug-likeness (QED) is 0.170. The molecule has 8 nitrogen and oxygen atoms in total. The van der Waals surface area contributed by atoms with Gasteiger partial charge in [0.15, 0.2) is 0 Å². The van der Waals surface area contributed by atoms with Crippen molar-refractivity contribution in [3.05, 3.63) is 23.8 Å². The van der Waals surface area contributed by atoms with E-state index in [2.05, 4.69) is 79.4 Å². The van der Waals surface area contributed by atoms with Gasteiger partial charge in [0.05, 0.1) is 23.6 Å². The average molecular weight is 584 g/mol. The fourth-order valence-corrected chi connectivity index (χ4v) is 5.70. The maximum Gasteiger partial charge on any atom is 0.305 e. The van der Waals surface area contributed by atoms with Crippen LogP contribution in [0, 0.1) is 11.8 Å². The van der Waals surface area contributed by atoms with Crippen molar-refractivity contribution in [1.82, 2.24) is 19.4 Å². The molecular formula is C34H57N5O3. The SMILES string of the molecule is COC(=O)CCCNc1nc2ccc(C(C)(C)C(=O)N(CCC(C)C)CCC(C)C)cc2n1CCCN1CCCCC1. The van der Waals surface area contributed by atoms with E-state index in [-0.39, 0.29) is 11.9 Å². The molecule has 0 atom stereocenters. The van der Waals surface area contributed by atoms with Gasteiger partial charge in [-0.15, -0.1) is 0 Å². The second-order valence-corrected chi connectivity index (χ2v) is 13.4. The number of imidazole rings is 1. The first-order valence-corrected chi connectivity index (χ1v) is 16.4. The topological polar surface area (TPSA) is 79.7 Å². The highest BCUT2D eigenvalue weighted by molar-refractivity contribution is 5.89. The molecule has 8 heteroatoms. The van der Waals surface area contributed by atoms with Crippen LogP contribution in [0.25, 0.3) is 11.0 Å². The third kappa shape index (κ3) is 9.72. The minimum Gasteiger partial charge on any atom is -0.469 e. The summed E-state index contributed by atoms with van der Waals surface area (Å²) in [5, 5.41) is 3.48. The predicted molar refractivity (Wildman–Crippen MR) is 173 cm³/mol. The van der Waals surface area contributed by atoms with Crippen LogP contribution in [0.2, 0.25) is 0 Å². The molecule has 1 aliphatic rings. The number of aromatic nitrogens is 2. The summed E-state index contributed by atoms with van der Waals surface area (Å²) in [6.45, 7) is 19.5. The molecule has 2 heterocycles. The number of carbonyl (C=O) groups is 2. The summed E-state index contributed by atoms with van der Waals surface area (Å²) >= 11 is 0. The first-order chi connectivity index (χ1) is 20.0. The minimum atomic E-state index is -0.654. The fourth-order valence-electron chi connectivity index (χ4n) is 5.70. The number of ether oxygens (including phenoxy) is 1. The number of aryl methyl sites for hydroxylation is 1. The van der Waals surface area contributed by atoms with E-state index in [9.17, 15) is 9.59 Å². The summed E-state index contributed by atoms with van der Waals surface area (Å²) in [5.41, 5.74) is 2.35. The fraction of sp³-hybridized carbons (Fsp3) is 0.735. The Labute approximate surface area is 254 Å². The first-order valence-electron chi connectivity index (χ1n) is 16.4. The number of rotatable bonds is 17. The highest BCUT2D eigenvalue weighted by atomic mass is 16.5. The third-order valence-electron chi connectivity index (χ3n) is 8.62. The van der Waals surface area contributed by atoms with E-state index in [0.29, 0.717) is 31.2 Å². The zero-order chi connectivity index (χ0) is 30.7. The van der Waals surface area contributed by atoms with Crippen molar-refractivity contribution in [2.45, 2.75) is 105 Å². The molecule has 1 saturated heterocycles. The number of piperidine rings is 1. The lowest BCUT2D eigenvalue weighted by Gasteiger charge is -2.33. The van der Waals surface area contributed by atoms with Crippen LogP contribution >= 0.6 is 0 Å². The van der Waals surface area contributed by atoms with Gasteiger partial charge in [0, 0.05) is 32.6 Å². The zero-order valence-electron chi connectivity index (χ0n) is 27.5. The van der Waals surface area contributed by atoms with E-state index in [0.717, 1.165) is 68.0 Å². The van der Waals surface area contributed by atoms with Gasteiger partial charge >= 0.3 is 5.97 Å². The molecule has 1 aromatic heterocycles. The molecule has 1 N–H and O–H groups in total. The van der Waals surface area contributed by atoms with Crippen molar-refractivity contribution < 1.29 is 14.3 Å². The molecule has 0 unspecified atom stereocenters. The summed E-state index contributed by atoms with van der Waals surface area (Å²) in [6, 6.07) is 6.33. The van der Waals surface area contributed by atoms with Gasteiger partial charge in [0.25, 0.3) is 0 Å². The predicted octanol–water partition coefficient (Wildman–Crippen LogP) is 6.48. The Morgan fingerprint density at radius 1 is 1.00 bits per heavy atom. The Morgan fingerprint density at radius 3 is 2.29 bits per heavy atom. The standard InChI is InChI=1S/C34H57N5O3/c1-26(2)16-23-38(24-17-27(3)4)32(41)34(5,6)28-14-15-29-30(25-28)39(22-12-21-37-19-9-8-10-20-37)33(36-29)35-18-11-13-31(40)42-7/h14-15,25-27H,8-13,16-24H2,1-7H3,(H,35,36). The van der Waals surface area contributed by atoms with Crippen LogP contribution in [-0.4, -0.2) is 77.6 Å². The molecule has 1 amide bonds. The van der Waals surface area contributed by atoms with Gasteiger partial charge in [0.1, 0.15) is 0 Å². The van der Waals surface area contributed by atoms with Crippen LogP contribution in [0.15, 0.2) is 18.2 Å². The number of fused-ring (bicyclic) bond motifs is 1. The summed E-state index contributed by atoms with van der Waals surface area (Å²) in [6.07, 6.45) is 8.03. The highest BCUT2D eigenvalue weighted by Gasteiger charge is 2.34. The molecule has 2 aromatic rings. The van der Waals surface area contributed by atoms with Gasteiger partial charge in [-0.2, -0.15) is 0 Å². The van der Waals surface area contributed by atoms with E-state index >= 15 is 0 Å². The number of hydrogen-bond acceptors (Lipinski definition) is 6. The first kappa shape index (κ1) is 33.9. The Bertz CT molecular complexity index is 1120. The second kappa shape index (κ2) is 16.3. The Kier molecular flexibility index (Phi) is 13.1. The number of methoxy groups -OCH3 is 1. The largest absolute Gasteiger partial charge is 0.469 e. The molecule has 3 rings (SSSR count). The van der Waals surface area contributed by atoms with Gasteiger partial charge in [0.2, 0.25) is 11.9 Å². The van der Waals surface area contributed by atoms with Crippen LogP contribution < -0.4 is 5.32 Å². The van der Waals surface area contributed by atoms with E-state index in [1.807, 2.05) is 0 Å². The Hall–Kier alpha value is -2.61. The number of hydrogen-bond donors (Lipinski definition) is 1. The van der Waals surface area contributed by atoms with Crippen molar-refractivity contribution in [1.29, 1.82) is 0 Å². The molecule has 1 aliphatic heterocycles. The summed E-state index contributed by atoms with van der Waals surface area (Å²) < 4.78 is 7.07. The Balaban J connectivity index is 1.86. The number of anilines is 1. The maximum atomic E-state index is 14.1. The summed E-state index contributed by atoms with van der Waals surface area (Å²) in [7, 11) is 1.43. The van der Waals surface area contributed by atoms with E-state index in [1.54, 1.807) is 0 Å². The summed E-state index contributed by atoms with van der Waals surface area (Å²) in [5.74, 6) is 1.93. The monoisotopic (exact) mass is 583 g/mol. The lowest BCUT2D eigenvalue weighted by molar-refractivity contribution is -0.140. The summed E-state index contributed by atoms with van der Waals surface area (Å²) in [4.78, 5) is 35.3. The van der Waals surface area contributed by atoms with E-state index < -0.39 is 5.41 Å².